The molecule has 2 rings (SSSR count). The Bertz CT molecular complexity index is 553. The fourth-order valence-corrected chi connectivity index (χ4v) is 1.85. The molecule has 0 unspecified atom stereocenters. The number of nitrogens with zero attached hydrogens (tertiary/aromatic N) is 2. The molecule has 1 heterocycles. The largest absolute Gasteiger partial charge is 0.299 e. The van der Waals surface area contributed by atoms with E-state index in [9.17, 15) is 4.79 Å². The summed E-state index contributed by atoms with van der Waals surface area (Å²) in [6.45, 7) is 3.94. The van der Waals surface area contributed by atoms with E-state index in [1.807, 2.05) is 48.9 Å². The van der Waals surface area contributed by atoms with Gasteiger partial charge in [0.2, 0.25) is 0 Å². The zero-order valence-corrected chi connectivity index (χ0v) is 9.92. The number of hydrogen-bond acceptors (Lipinski definition) is 2. The van der Waals surface area contributed by atoms with Gasteiger partial charge in [0.15, 0.2) is 0 Å². The number of para-hydroxylation sites is 1. The van der Waals surface area contributed by atoms with E-state index in [0.29, 0.717) is 0 Å². The SMILES string of the molecule is Cc1nn(-c2ccccc2)c(C)c1C=CC=O. The zero-order chi connectivity index (χ0) is 12.3. The maximum absolute atomic E-state index is 10.4. The van der Waals surface area contributed by atoms with E-state index in [1.165, 1.54) is 6.08 Å². The summed E-state index contributed by atoms with van der Waals surface area (Å²) in [5.41, 5.74) is 3.98. The van der Waals surface area contributed by atoms with Crippen LogP contribution in [0.1, 0.15) is 17.0 Å². The molecule has 0 atom stereocenters. The molecule has 86 valence electrons. The van der Waals surface area contributed by atoms with Crippen LogP contribution in [0.2, 0.25) is 0 Å². The van der Waals surface area contributed by atoms with Crippen LogP contribution < -0.4 is 0 Å². The number of carbonyl (C=O) groups is 1. The zero-order valence-electron chi connectivity index (χ0n) is 9.92. The van der Waals surface area contributed by atoms with Crippen LogP contribution in [-0.4, -0.2) is 16.1 Å². The minimum Gasteiger partial charge on any atom is -0.299 e. The average Bonchev–Trinajstić information content (AvgIpc) is 2.64. The van der Waals surface area contributed by atoms with Crippen LogP contribution >= 0.6 is 0 Å². The fourth-order valence-electron chi connectivity index (χ4n) is 1.85. The summed E-state index contributed by atoms with van der Waals surface area (Å²) in [5, 5.41) is 4.48. The molecule has 0 aliphatic rings. The first-order valence-corrected chi connectivity index (χ1v) is 5.47. The third-order valence-electron chi connectivity index (χ3n) is 2.69. The molecule has 0 fully saturated rings. The van der Waals surface area contributed by atoms with Crippen molar-refractivity contribution in [2.24, 2.45) is 0 Å². The summed E-state index contributed by atoms with van der Waals surface area (Å²) in [6, 6.07) is 9.95. The first-order chi connectivity index (χ1) is 8.24. The molecule has 0 saturated heterocycles. The van der Waals surface area contributed by atoms with E-state index >= 15 is 0 Å². The first-order valence-electron chi connectivity index (χ1n) is 5.47. The topological polar surface area (TPSA) is 34.9 Å². The molecule has 0 aliphatic heterocycles. The molecule has 0 bridgehead atoms. The molecule has 17 heavy (non-hydrogen) atoms. The molecule has 3 heteroatoms. The maximum atomic E-state index is 10.4. The lowest BCUT2D eigenvalue weighted by molar-refractivity contribution is -0.104. The van der Waals surface area contributed by atoms with Gasteiger partial charge in [-0.05, 0) is 38.1 Å². The van der Waals surface area contributed by atoms with E-state index in [2.05, 4.69) is 5.10 Å². The highest BCUT2D eigenvalue weighted by molar-refractivity contribution is 5.75. The third-order valence-corrected chi connectivity index (χ3v) is 2.69. The summed E-state index contributed by atoms with van der Waals surface area (Å²) < 4.78 is 1.89. The average molecular weight is 226 g/mol. The molecule has 0 spiro atoms. The van der Waals surface area contributed by atoms with Crippen LogP contribution in [0.5, 0.6) is 0 Å². The van der Waals surface area contributed by atoms with Crippen molar-refractivity contribution in [3.8, 4) is 5.69 Å². The van der Waals surface area contributed by atoms with Crippen molar-refractivity contribution in [2.45, 2.75) is 13.8 Å². The van der Waals surface area contributed by atoms with Gasteiger partial charge >= 0.3 is 0 Å². The van der Waals surface area contributed by atoms with Gasteiger partial charge in [-0.25, -0.2) is 4.68 Å². The van der Waals surface area contributed by atoms with Gasteiger partial charge in [-0.2, -0.15) is 5.10 Å². The molecular formula is C14H14N2O. The standard InChI is InChI=1S/C14H14N2O/c1-11-14(9-6-10-17)12(2)16(15-11)13-7-4-3-5-8-13/h3-10H,1-2H3. The lowest BCUT2D eigenvalue weighted by atomic mass is 10.2. The van der Waals surface area contributed by atoms with Gasteiger partial charge < -0.3 is 0 Å². The van der Waals surface area contributed by atoms with Gasteiger partial charge in [0, 0.05) is 11.3 Å². The highest BCUT2D eigenvalue weighted by Gasteiger charge is 2.09. The lowest BCUT2D eigenvalue weighted by Crippen LogP contribution is -1.98. The number of aldehydes is 1. The Labute approximate surface area is 100 Å². The second-order valence-corrected chi connectivity index (χ2v) is 3.83. The van der Waals surface area contributed by atoms with Crippen LogP contribution in [0.25, 0.3) is 11.8 Å². The molecule has 0 saturated carbocycles. The Morgan fingerprint density at radius 2 is 1.88 bits per heavy atom. The minimum absolute atomic E-state index is 0.777. The smallest absolute Gasteiger partial charge is 0.142 e. The van der Waals surface area contributed by atoms with Gasteiger partial charge in [0.05, 0.1) is 11.4 Å². The van der Waals surface area contributed by atoms with Crippen molar-refractivity contribution in [3.05, 3.63) is 53.4 Å². The van der Waals surface area contributed by atoms with Crippen molar-refractivity contribution in [3.63, 3.8) is 0 Å². The second-order valence-electron chi connectivity index (χ2n) is 3.83. The lowest BCUT2D eigenvalue weighted by Gasteiger charge is -2.03. The van der Waals surface area contributed by atoms with E-state index in [0.717, 1.165) is 28.9 Å². The quantitative estimate of drug-likeness (QED) is 0.595. The molecule has 0 N–H and O–H groups in total. The summed E-state index contributed by atoms with van der Waals surface area (Å²) in [5.74, 6) is 0. The van der Waals surface area contributed by atoms with Crippen LogP contribution in [0.15, 0.2) is 36.4 Å². The van der Waals surface area contributed by atoms with Gasteiger partial charge in [0.1, 0.15) is 6.29 Å². The van der Waals surface area contributed by atoms with Crippen molar-refractivity contribution in [2.75, 3.05) is 0 Å². The Morgan fingerprint density at radius 1 is 1.18 bits per heavy atom. The highest BCUT2D eigenvalue weighted by atomic mass is 16.1. The predicted molar refractivity (Wildman–Crippen MR) is 68.1 cm³/mol. The Hall–Kier alpha value is -2.16. The Balaban J connectivity index is 2.51. The van der Waals surface area contributed by atoms with Gasteiger partial charge in [-0.1, -0.05) is 18.2 Å². The van der Waals surface area contributed by atoms with Crippen molar-refractivity contribution < 1.29 is 4.79 Å². The van der Waals surface area contributed by atoms with E-state index in [4.69, 9.17) is 0 Å². The Kier molecular flexibility index (Phi) is 3.19. The predicted octanol–water partition coefficient (Wildman–Crippen LogP) is 2.70. The molecule has 2 aromatic rings. The van der Waals surface area contributed by atoms with Crippen molar-refractivity contribution in [1.29, 1.82) is 0 Å². The number of benzene rings is 1. The number of aromatic nitrogens is 2. The van der Waals surface area contributed by atoms with Gasteiger partial charge in [-0.3, -0.25) is 4.79 Å². The van der Waals surface area contributed by atoms with Gasteiger partial charge in [0.25, 0.3) is 0 Å². The first kappa shape index (κ1) is 11.3. The normalized spacial score (nSPS) is 10.9. The second kappa shape index (κ2) is 4.78. The summed E-state index contributed by atoms with van der Waals surface area (Å²) in [4.78, 5) is 10.4. The van der Waals surface area contributed by atoms with Crippen LogP contribution in [0.4, 0.5) is 0 Å². The van der Waals surface area contributed by atoms with Crippen molar-refractivity contribution in [1.82, 2.24) is 9.78 Å². The molecular weight excluding hydrogens is 212 g/mol. The summed E-state index contributed by atoms with van der Waals surface area (Å²) >= 11 is 0. The molecule has 0 amide bonds. The van der Waals surface area contributed by atoms with Crippen LogP contribution in [0, 0.1) is 13.8 Å². The van der Waals surface area contributed by atoms with Crippen LogP contribution in [-0.2, 0) is 4.79 Å². The van der Waals surface area contributed by atoms with Crippen LogP contribution in [0.3, 0.4) is 0 Å². The summed E-state index contributed by atoms with van der Waals surface area (Å²) in [6.07, 6.45) is 4.06. The van der Waals surface area contributed by atoms with E-state index in [1.54, 1.807) is 6.08 Å². The molecule has 3 nitrogen and oxygen atoms in total. The highest BCUT2D eigenvalue weighted by Crippen LogP contribution is 2.18. The van der Waals surface area contributed by atoms with Gasteiger partial charge in [-0.15, -0.1) is 0 Å². The van der Waals surface area contributed by atoms with E-state index < -0.39 is 0 Å². The van der Waals surface area contributed by atoms with Crippen molar-refractivity contribution >= 4 is 12.4 Å². The monoisotopic (exact) mass is 226 g/mol. The molecule has 0 radical (unpaired) electrons. The molecule has 1 aromatic carbocycles. The number of aryl methyl sites for hydroxylation is 1. The number of allylic oxidation sites excluding steroid dienone is 1. The third kappa shape index (κ3) is 2.18. The molecule has 1 aromatic heterocycles. The Morgan fingerprint density at radius 3 is 2.53 bits per heavy atom. The maximum Gasteiger partial charge on any atom is 0.142 e. The number of rotatable bonds is 3. The molecule has 0 aliphatic carbocycles. The number of hydrogen-bond donors (Lipinski definition) is 0. The fraction of sp³-hybridized carbons (Fsp3) is 0.143. The number of carbonyl (C=O) groups excluding carboxylic acids is 1. The minimum atomic E-state index is 0.777. The van der Waals surface area contributed by atoms with E-state index in [-0.39, 0.29) is 0 Å². The summed E-state index contributed by atoms with van der Waals surface area (Å²) in [7, 11) is 0.